The van der Waals surface area contributed by atoms with E-state index in [1.54, 1.807) is 7.11 Å². The predicted molar refractivity (Wildman–Crippen MR) is 105 cm³/mol. The standard InChI is InChI=1S/C24H24O2/c1-25-22-12-7-11-21(18-22)24(16-14-19-8-3-2-4-9-19)23-13-6-5-10-20(23)15-17-26-24/h2-13,18H,14-17H2,1H3/t24-/m1/s1. The summed E-state index contributed by atoms with van der Waals surface area (Å²) in [5.41, 5.74) is 4.74. The number of fused-ring (bicyclic) bond motifs is 1. The topological polar surface area (TPSA) is 18.5 Å². The molecule has 0 amide bonds. The number of benzene rings is 3. The average molecular weight is 344 g/mol. The van der Waals surface area contributed by atoms with E-state index in [1.807, 2.05) is 6.07 Å². The van der Waals surface area contributed by atoms with Gasteiger partial charge in [0.2, 0.25) is 0 Å². The zero-order chi connectivity index (χ0) is 17.8. The first kappa shape index (κ1) is 16.9. The first-order valence-corrected chi connectivity index (χ1v) is 9.23. The highest BCUT2D eigenvalue weighted by Gasteiger charge is 2.39. The number of aryl methyl sites for hydroxylation is 1. The Balaban J connectivity index is 1.79. The zero-order valence-electron chi connectivity index (χ0n) is 15.2. The van der Waals surface area contributed by atoms with E-state index in [0.29, 0.717) is 0 Å². The van der Waals surface area contributed by atoms with Crippen molar-refractivity contribution < 1.29 is 9.47 Å². The SMILES string of the molecule is COc1cccc([C@@]2(CCc3ccccc3)OCCc3ccccc32)c1. The maximum atomic E-state index is 6.54. The molecule has 0 saturated carbocycles. The molecular formula is C24H24O2. The van der Waals surface area contributed by atoms with Crippen LogP contribution in [0.2, 0.25) is 0 Å². The molecule has 1 aliphatic rings. The van der Waals surface area contributed by atoms with Gasteiger partial charge in [0, 0.05) is 0 Å². The van der Waals surface area contributed by atoms with Crippen LogP contribution in [-0.2, 0) is 23.2 Å². The van der Waals surface area contributed by atoms with E-state index in [-0.39, 0.29) is 0 Å². The normalized spacial score (nSPS) is 19.0. The lowest BCUT2D eigenvalue weighted by Crippen LogP contribution is -2.37. The average Bonchev–Trinajstić information content (AvgIpc) is 2.73. The lowest BCUT2D eigenvalue weighted by molar-refractivity contribution is -0.0345. The van der Waals surface area contributed by atoms with Gasteiger partial charge in [-0.1, -0.05) is 66.7 Å². The largest absolute Gasteiger partial charge is 0.497 e. The minimum absolute atomic E-state index is 0.431. The van der Waals surface area contributed by atoms with Crippen molar-refractivity contribution in [3.63, 3.8) is 0 Å². The van der Waals surface area contributed by atoms with Gasteiger partial charge in [0.15, 0.2) is 0 Å². The van der Waals surface area contributed by atoms with Crippen LogP contribution in [0.3, 0.4) is 0 Å². The molecule has 1 heterocycles. The Morgan fingerprint density at radius 2 is 1.73 bits per heavy atom. The van der Waals surface area contributed by atoms with Crippen LogP contribution in [0.1, 0.15) is 28.7 Å². The number of hydrogen-bond donors (Lipinski definition) is 0. The molecule has 0 radical (unpaired) electrons. The summed E-state index contributed by atoms with van der Waals surface area (Å²) >= 11 is 0. The minimum atomic E-state index is -0.431. The molecule has 0 fully saturated rings. The summed E-state index contributed by atoms with van der Waals surface area (Å²) < 4.78 is 12.0. The van der Waals surface area contributed by atoms with Crippen molar-refractivity contribution in [2.24, 2.45) is 0 Å². The van der Waals surface area contributed by atoms with Crippen molar-refractivity contribution in [3.05, 3.63) is 101 Å². The summed E-state index contributed by atoms with van der Waals surface area (Å²) in [6.07, 6.45) is 2.83. The molecule has 0 unspecified atom stereocenters. The Morgan fingerprint density at radius 3 is 2.58 bits per heavy atom. The molecule has 2 heteroatoms. The number of ether oxygens (including phenoxy) is 2. The van der Waals surface area contributed by atoms with Gasteiger partial charge in [0.25, 0.3) is 0 Å². The van der Waals surface area contributed by atoms with Crippen LogP contribution in [0, 0.1) is 0 Å². The number of rotatable bonds is 5. The van der Waals surface area contributed by atoms with Crippen molar-refractivity contribution in [2.45, 2.75) is 24.9 Å². The fourth-order valence-corrected chi connectivity index (χ4v) is 3.97. The quantitative estimate of drug-likeness (QED) is 0.638. The molecule has 2 nitrogen and oxygen atoms in total. The summed E-state index contributed by atoms with van der Waals surface area (Å²) in [7, 11) is 1.71. The molecule has 132 valence electrons. The number of methoxy groups -OCH3 is 1. The van der Waals surface area contributed by atoms with Gasteiger partial charge in [0.1, 0.15) is 11.4 Å². The summed E-state index contributed by atoms with van der Waals surface area (Å²) in [4.78, 5) is 0. The maximum Gasteiger partial charge on any atom is 0.119 e. The zero-order valence-corrected chi connectivity index (χ0v) is 15.2. The summed E-state index contributed by atoms with van der Waals surface area (Å²) in [6, 6.07) is 27.7. The predicted octanol–water partition coefficient (Wildman–Crippen LogP) is 5.14. The third-order valence-corrected chi connectivity index (χ3v) is 5.32. The van der Waals surface area contributed by atoms with Crippen LogP contribution in [0.4, 0.5) is 0 Å². The molecule has 26 heavy (non-hydrogen) atoms. The molecule has 1 aliphatic heterocycles. The van der Waals surface area contributed by atoms with Crippen LogP contribution >= 0.6 is 0 Å². The fourth-order valence-electron chi connectivity index (χ4n) is 3.97. The van der Waals surface area contributed by atoms with Crippen LogP contribution in [0.5, 0.6) is 5.75 Å². The second-order valence-electron chi connectivity index (χ2n) is 6.80. The third kappa shape index (κ3) is 3.13. The van der Waals surface area contributed by atoms with Gasteiger partial charge in [-0.25, -0.2) is 0 Å². The van der Waals surface area contributed by atoms with Gasteiger partial charge in [-0.05, 0) is 53.6 Å². The van der Waals surface area contributed by atoms with E-state index < -0.39 is 5.60 Å². The van der Waals surface area contributed by atoms with E-state index >= 15 is 0 Å². The Morgan fingerprint density at radius 1 is 0.923 bits per heavy atom. The minimum Gasteiger partial charge on any atom is -0.497 e. The lowest BCUT2D eigenvalue weighted by atomic mass is 9.77. The van der Waals surface area contributed by atoms with Crippen LogP contribution in [-0.4, -0.2) is 13.7 Å². The highest BCUT2D eigenvalue weighted by molar-refractivity contribution is 5.45. The molecule has 3 aromatic rings. The second kappa shape index (κ2) is 7.35. The molecule has 0 spiro atoms. The van der Waals surface area contributed by atoms with Crippen molar-refractivity contribution in [3.8, 4) is 5.75 Å². The monoisotopic (exact) mass is 344 g/mol. The molecule has 1 atom stereocenters. The Hall–Kier alpha value is -2.58. The molecule has 0 saturated heterocycles. The van der Waals surface area contributed by atoms with Gasteiger partial charge in [0.05, 0.1) is 13.7 Å². The molecule has 4 rings (SSSR count). The molecule has 0 bridgehead atoms. The van der Waals surface area contributed by atoms with E-state index in [1.165, 1.54) is 22.3 Å². The van der Waals surface area contributed by atoms with Crippen LogP contribution in [0.15, 0.2) is 78.9 Å². The Bertz CT molecular complexity index is 872. The van der Waals surface area contributed by atoms with Gasteiger partial charge in [-0.15, -0.1) is 0 Å². The lowest BCUT2D eigenvalue weighted by Gasteiger charge is -2.40. The van der Waals surface area contributed by atoms with E-state index in [2.05, 4.69) is 72.8 Å². The highest BCUT2D eigenvalue weighted by atomic mass is 16.5. The van der Waals surface area contributed by atoms with Gasteiger partial charge >= 0.3 is 0 Å². The van der Waals surface area contributed by atoms with E-state index in [0.717, 1.165) is 31.6 Å². The number of hydrogen-bond acceptors (Lipinski definition) is 2. The Kier molecular flexibility index (Phi) is 4.77. The molecule has 0 aromatic heterocycles. The Labute approximate surface area is 155 Å². The van der Waals surface area contributed by atoms with Crippen LogP contribution < -0.4 is 4.74 Å². The summed E-state index contributed by atoms with van der Waals surface area (Å²) in [5, 5.41) is 0. The van der Waals surface area contributed by atoms with Crippen molar-refractivity contribution in [2.75, 3.05) is 13.7 Å². The van der Waals surface area contributed by atoms with E-state index in [4.69, 9.17) is 9.47 Å². The van der Waals surface area contributed by atoms with Crippen LogP contribution in [0.25, 0.3) is 0 Å². The third-order valence-electron chi connectivity index (χ3n) is 5.32. The smallest absolute Gasteiger partial charge is 0.119 e. The highest BCUT2D eigenvalue weighted by Crippen LogP contribution is 2.43. The van der Waals surface area contributed by atoms with E-state index in [9.17, 15) is 0 Å². The first-order valence-electron chi connectivity index (χ1n) is 9.23. The van der Waals surface area contributed by atoms with Crippen molar-refractivity contribution in [1.82, 2.24) is 0 Å². The van der Waals surface area contributed by atoms with Crippen molar-refractivity contribution >= 4 is 0 Å². The van der Waals surface area contributed by atoms with Gasteiger partial charge < -0.3 is 9.47 Å². The van der Waals surface area contributed by atoms with Gasteiger partial charge in [-0.2, -0.15) is 0 Å². The molecule has 3 aromatic carbocycles. The molecule has 0 N–H and O–H groups in total. The van der Waals surface area contributed by atoms with Gasteiger partial charge in [-0.3, -0.25) is 0 Å². The summed E-state index contributed by atoms with van der Waals surface area (Å²) in [6.45, 7) is 0.739. The first-order chi connectivity index (χ1) is 12.8. The van der Waals surface area contributed by atoms with Crippen molar-refractivity contribution in [1.29, 1.82) is 0 Å². The molecule has 0 aliphatic carbocycles. The molecular weight excluding hydrogens is 320 g/mol. The second-order valence-corrected chi connectivity index (χ2v) is 6.80. The maximum absolute atomic E-state index is 6.54. The summed E-state index contributed by atoms with van der Waals surface area (Å²) in [5.74, 6) is 0.869. The fraction of sp³-hybridized carbons (Fsp3) is 0.250.